The van der Waals surface area contributed by atoms with Crippen molar-refractivity contribution < 1.29 is 9.13 Å². The highest BCUT2D eigenvalue weighted by Crippen LogP contribution is 2.32. The summed E-state index contributed by atoms with van der Waals surface area (Å²) in [4.78, 5) is 0. The van der Waals surface area contributed by atoms with Gasteiger partial charge in [0, 0.05) is 5.56 Å². The average molecular weight is 233 g/mol. The van der Waals surface area contributed by atoms with E-state index in [4.69, 9.17) is 10.5 Å². The van der Waals surface area contributed by atoms with Crippen LogP contribution in [0.5, 0.6) is 5.75 Å². The molecule has 1 saturated carbocycles. The molecule has 0 heterocycles. The Bertz CT molecular complexity index is 443. The van der Waals surface area contributed by atoms with Crippen molar-refractivity contribution in [3.05, 3.63) is 29.6 Å². The molecule has 0 radical (unpaired) electrons. The first kappa shape index (κ1) is 11.9. The lowest BCUT2D eigenvalue weighted by Crippen LogP contribution is -2.00. The molecule has 3 heteroatoms. The number of rotatable bonds is 4. The van der Waals surface area contributed by atoms with Crippen molar-refractivity contribution in [3.8, 4) is 17.6 Å². The summed E-state index contributed by atoms with van der Waals surface area (Å²) in [5, 5.41) is 0. The van der Waals surface area contributed by atoms with Crippen molar-refractivity contribution in [2.24, 2.45) is 11.7 Å². The summed E-state index contributed by atoms with van der Waals surface area (Å²) in [5.74, 6) is 6.34. The summed E-state index contributed by atoms with van der Waals surface area (Å²) in [6.07, 6.45) is 3.58. The Morgan fingerprint density at radius 3 is 2.94 bits per heavy atom. The lowest BCUT2D eigenvalue weighted by Gasteiger charge is -2.06. The molecule has 0 bridgehead atoms. The maximum atomic E-state index is 13.4. The normalized spacial score (nSPS) is 14.0. The van der Waals surface area contributed by atoms with E-state index in [9.17, 15) is 4.39 Å². The molecule has 0 aromatic heterocycles. The van der Waals surface area contributed by atoms with Crippen molar-refractivity contribution >= 4 is 0 Å². The van der Waals surface area contributed by atoms with Crippen LogP contribution < -0.4 is 10.5 Å². The first-order chi connectivity index (χ1) is 8.29. The zero-order valence-electron chi connectivity index (χ0n) is 9.71. The van der Waals surface area contributed by atoms with Crippen molar-refractivity contribution in [2.75, 3.05) is 13.2 Å². The largest absolute Gasteiger partial charge is 0.490 e. The van der Waals surface area contributed by atoms with Crippen molar-refractivity contribution in [1.29, 1.82) is 0 Å². The van der Waals surface area contributed by atoms with Gasteiger partial charge >= 0.3 is 0 Å². The smallest absolute Gasteiger partial charge is 0.165 e. The number of benzene rings is 1. The monoisotopic (exact) mass is 233 g/mol. The summed E-state index contributed by atoms with van der Waals surface area (Å²) in [6.45, 7) is 0.880. The number of halogens is 1. The van der Waals surface area contributed by atoms with Crippen molar-refractivity contribution in [2.45, 2.75) is 19.3 Å². The van der Waals surface area contributed by atoms with Crippen LogP contribution in [0.25, 0.3) is 0 Å². The molecule has 1 aromatic rings. The van der Waals surface area contributed by atoms with Gasteiger partial charge in [0.25, 0.3) is 0 Å². The van der Waals surface area contributed by atoms with Crippen LogP contribution in [0.4, 0.5) is 4.39 Å². The van der Waals surface area contributed by atoms with E-state index in [1.165, 1.54) is 18.9 Å². The Morgan fingerprint density at radius 1 is 1.41 bits per heavy atom. The number of hydrogen-bond acceptors (Lipinski definition) is 2. The summed E-state index contributed by atoms with van der Waals surface area (Å²) in [6, 6.07) is 4.64. The zero-order chi connectivity index (χ0) is 12.1. The SMILES string of the molecule is NCC#Cc1ccc(F)c(OCCC2CC2)c1. The Kier molecular flexibility index (Phi) is 4.00. The summed E-state index contributed by atoms with van der Waals surface area (Å²) < 4.78 is 18.9. The van der Waals surface area contributed by atoms with E-state index < -0.39 is 0 Å². The van der Waals surface area contributed by atoms with Gasteiger partial charge in [-0.05, 0) is 30.5 Å². The first-order valence-corrected chi connectivity index (χ1v) is 5.91. The molecule has 0 atom stereocenters. The number of nitrogens with two attached hydrogens (primary N) is 1. The molecule has 0 unspecified atom stereocenters. The van der Waals surface area contributed by atoms with E-state index >= 15 is 0 Å². The fourth-order valence-corrected chi connectivity index (χ4v) is 1.59. The maximum absolute atomic E-state index is 13.4. The minimum absolute atomic E-state index is 0.287. The highest BCUT2D eigenvalue weighted by Gasteiger charge is 2.20. The Balaban J connectivity index is 1.97. The Labute approximate surface area is 101 Å². The molecule has 2 N–H and O–H groups in total. The minimum Gasteiger partial charge on any atom is -0.490 e. The van der Waals surface area contributed by atoms with Crippen LogP contribution in [0.1, 0.15) is 24.8 Å². The van der Waals surface area contributed by atoms with E-state index in [1.54, 1.807) is 12.1 Å². The molecule has 2 rings (SSSR count). The molecule has 1 aromatic carbocycles. The predicted molar refractivity (Wildman–Crippen MR) is 65.2 cm³/mol. The van der Waals surface area contributed by atoms with Gasteiger partial charge in [-0.1, -0.05) is 24.7 Å². The standard InChI is InChI=1S/C14H16FNO/c15-13-6-5-12(2-1-8-16)10-14(13)17-9-7-11-3-4-11/h5-6,10-11H,3-4,7-9,16H2. The Morgan fingerprint density at radius 2 is 2.24 bits per heavy atom. The van der Waals surface area contributed by atoms with E-state index in [0.717, 1.165) is 17.9 Å². The van der Waals surface area contributed by atoms with Gasteiger partial charge in [0.15, 0.2) is 11.6 Å². The van der Waals surface area contributed by atoms with Gasteiger partial charge in [0.1, 0.15) is 0 Å². The quantitative estimate of drug-likeness (QED) is 0.810. The van der Waals surface area contributed by atoms with Crippen LogP contribution in [-0.4, -0.2) is 13.2 Å². The summed E-state index contributed by atoms with van der Waals surface area (Å²) in [7, 11) is 0. The van der Waals surface area contributed by atoms with Crippen LogP contribution in [0.2, 0.25) is 0 Å². The molecule has 2 nitrogen and oxygen atoms in total. The number of hydrogen-bond donors (Lipinski definition) is 1. The van der Waals surface area contributed by atoms with Gasteiger partial charge in [-0.25, -0.2) is 4.39 Å². The van der Waals surface area contributed by atoms with Gasteiger partial charge in [0.2, 0.25) is 0 Å². The molecule has 1 aliphatic carbocycles. The third-order valence-corrected chi connectivity index (χ3v) is 2.75. The van der Waals surface area contributed by atoms with Gasteiger partial charge in [-0.2, -0.15) is 0 Å². The molecular weight excluding hydrogens is 217 g/mol. The third kappa shape index (κ3) is 3.76. The molecule has 0 spiro atoms. The second-order valence-corrected chi connectivity index (χ2v) is 4.23. The second-order valence-electron chi connectivity index (χ2n) is 4.23. The van der Waals surface area contributed by atoms with Gasteiger partial charge in [0.05, 0.1) is 13.2 Å². The van der Waals surface area contributed by atoms with Crippen LogP contribution in [0.3, 0.4) is 0 Å². The van der Waals surface area contributed by atoms with Crippen molar-refractivity contribution in [1.82, 2.24) is 0 Å². The zero-order valence-corrected chi connectivity index (χ0v) is 9.71. The van der Waals surface area contributed by atoms with Gasteiger partial charge in [-0.15, -0.1) is 0 Å². The fourth-order valence-electron chi connectivity index (χ4n) is 1.59. The first-order valence-electron chi connectivity index (χ1n) is 5.91. The van der Waals surface area contributed by atoms with E-state index in [-0.39, 0.29) is 11.6 Å². The summed E-state index contributed by atoms with van der Waals surface area (Å²) >= 11 is 0. The van der Waals surface area contributed by atoms with Gasteiger partial charge in [-0.3, -0.25) is 0 Å². The molecule has 1 aliphatic rings. The van der Waals surface area contributed by atoms with E-state index in [2.05, 4.69) is 11.8 Å². The second kappa shape index (κ2) is 5.70. The number of ether oxygens (including phenoxy) is 1. The molecule has 0 aliphatic heterocycles. The molecule has 90 valence electrons. The highest BCUT2D eigenvalue weighted by atomic mass is 19.1. The highest BCUT2D eigenvalue weighted by molar-refractivity contribution is 5.40. The van der Waals surface area contributed by atoms with Crippen molar-refractivity contribution in [3.63, 3.8) is 0 Å². The molecule has 1 fully saturated rings. The minimum atomic E-state index is -0.334. The van der Waals surface area contributed by atoms with E-state index in [0.29, 0.717) is 13.2 Å². The molecule has 0 amide bonds. The predicted octanol–water partition coefficient (Wildman–Crippen LogP) is 2.31. The van der Waals surface area contributed by atoms with Crippen LogP contribution >= 0.6 is 0 Å². The molecule has 0 saturated heterocycles. The maximum Gasteiger partial charge on any atom is 0.165 e. The lowest BCUT2D eigenvalue weighted by molar-refractivity contribution is 0.288. The lowest BCUT2D eigenvalue weighted by atomic mass is 10.2. The fraction of sp³-hybridized carbons (Fsp3) is 0.429. The third-order valence-electron chi connectivity index (χ3n) is 2.75. The molecular formula is C14H16FNO. The average Bonchev–Trinajstić information content (AvgIpc) is 3.14. The van der Waals surface area contributed by atoms with Gasteiger partial charge < -0.3 is 10.5 Å². The summed E-state index contributed by atoms with van der Waals surface area (Å²) in [5.41, 5.74) is 6.02. The van der Waals surface area contributed by atoms with Crippen LogP contribution in [-0.2, 0) is 0 Å². The molecule has 17 heavy (non-hydrogen) atoms. The van der Waals surface area contributed by atoms with E-state index in [1.807, 2.05) is 0 Å². The Hall–Kier alpha value is -1.53. The van der Waals surface area contributed by atoms with Crippen LogP contribution in [0, 0.1) is 23.6 Å². The van der Waals surface area contributed by atoms with Crippen LogP contribution in [0.15, 0.2) is 18.2 Å². The topological polar surface area (TPSA) is 35.2 Å².